The molecular weight excluding hydrogens is 438 g/mol. The van der Waals surface area contributed by atoms with Crippen molar-refractivity contribution in [1.82, 2.24) is 14.5 Å². The number of amides is 1. The summed E-state index contributed by atoms with van der Waals surface area (Å²) in [6, 6.07) is 8.44. The van der Waals surface area contributed by atoms with Gasteiger partial charge in [-0.15, -0.1) is 0 Å². The highest BCUT2D eigenvalue weighted by molar-refractivity contribution is 7.88. The van der Waals surface area contributed by atoms with Crippen molar-refractivity contribution in [2.45, 2.75) is 51.4 Å². The van der Waals surface area contributed by atoms with Crippen molar-refractivity contribution in [2.75, 3.05) is 52.1 Å². The van der Waals surface area contributed by atoms with E-state index >= 15 is 0 Å². The topological polar surface area (TPSA) is 79.0 Å². The molecule has 0 radical (unpaired) electrons. The molecular formula is C25H39N3O4S. The van der Waals surface area contributed by atoms with E-state index in [1.165, 1.54) is 31.2 Å². The summed E-state index contributed by atoms with van der Waals surface area (Å²) in [5.41, 5.74) is 1.52. The van der Waals surface area contributed by atoms with Crippen LogP contribution in [-0.2, 0) is 21.2 Å². The maximum atomic E-state index is 12.5. The van der Waals surface area contributed by atoms with E-state index in [0.717, 1.165) is 63.2 Å². The van der Waals surface area contributed by atoms with Gasteiger partial charge in [0.25, 0.3) is 0 Å². The summed E-state index contributed by atoms with van der Waals surface area (Å²) in [7, 11) is -3.36. The van der Waals surface area contributed by atoms with Crippen LogP contribution < -0.4 is 9.46 Å². The highest BCUT2D eigenvalue weighted by atomic mass is 32.2. The van der Waals surface area contributed by atoms with Gasteiger partial charge in [-0.1, -0.05) is 24.6 Å². The smallest absolute Gasteiger partial charge is 0.237 e. The summed E-state index contributed by atoms with van der Waals surface area (Å²) in [4.78, 5) is 17.0. The number of nitrogens with one attached hydrogen (secondary N) is 1. The maximum absolute atomic E-state index is 12.5. The predicted molar refractivity (Wildman–Crippen MR) is 130 cm³/mol. The minimum absolute atomic E-state index is 0.122. The Morgan fingerprint density at radius 1 is 1.12 bits per heavy atom. The fourth-order valence-electron chi connectivity index (χ4n) is 5.35. The average molecular weight is 478 g/mol. The molecule has 0 atom stereocenters. The van der Waals surface area contributed by atoms with Crippen LogP contribution >= 0.6 is 0 Å². The number of carbonyl (C=O) groups is 1. The molecule has 1 N–H and O–H groups in total. The van der Waals surface area contributed by atoms with Crippen molar-refractivity contribution in [1.29, 1.82) is 0 Å². The van der Waals surface area contributed by atoms with Gasteiger partial charge < -0.3 is 9.64 Å². The van der Waals surface area contributed by atoms with Crippen molar-refractivity contribution in [3.05, 3.63) is 29.8 Å². The standard InChI is InChI=1S/C25H39N3O4S/c1-33(30,31)26-18-24(29)28-14-12-25(13-15-28)11-5-4-7-22-6-2-3-8-23(22)32-17-16-27(20-25)19-21-9-10-21/h2-3,6,8,21,26H,4-5,7,9-20H2,1H3. The van der Waals surface area contributed by atoms with Gasteiger partial charge in [0.15, 0.2) is 0 Å². The number of ether oxygens (including phenoxy) is 1. The molecule has 0 aromatic heterocycles. The molecule has 7 nitrogen and oxygen atoms in total. The number of likely N-dealkylation sites (tertiary alicyclic amines) is 1. The number of hydrogen-bond acceptors (Lipinski definition) is 5. The molecule has 184 valence electrons. The molecule has 1 amide bonds. The van der Waals surface area contributed by atoms with Crippen LogP contribution in [0.3, 0.4) is 0 Å². The zero-order valence-electron chi connectivity index (χ0n) is 19.9. The Morgan fingerprint density at radius 2 is 1.88 bits per heavy atom. The van der Waals surface area contributed by atoms with Gasteiger partial charge >= 0.3 is 0 Å². The molecule has 2 heterocycles. The van der Waals surface area contributed by atoms with Gasteiger partial charge in [-0.2, -0.15) is 0 Å². The van der Waals surface area contributed by atoms with Crippen LogP contribution in [0.2, 0.25) is 0 Å². The number of fused-ring (bicyclic) bond motifs is 1. The van der Waals surface area contributed by atoms with Crippen LogP contribution in [0, 0.1) is 11.3 Å². The van der Waals surface area contributed by atoms with Crippen LogP contribution in [-0.4, -0.2) is 76.3 Å². The number of benzene rings is 1. The van der Waals surface area contributed by atoms with Gasteiger partial charge in [0, 0.05) is 32.7 Å². The summed E-state index contributed by atoms with van der Waals surface area (Å²) in [5, 5.41) is 0. The normalized spacial score (nSPS) is 22.6. The summed E-state index contributed by atoms with van der Waals surface area (Å²) in [6.45, 7) is 5.14. The summed E-state index contributed by atoms with van der Waals surface area (Å²) < 4.78 is 31.3. The van der Waals surface area contributed by atoms with Crippen LogP contribution in [0.25, 0.3) is 0 Å². The second kappa shape index (κ2) is 10.7. The predicted octanol–water partition coefficient (Wildman–Crippen LogP) is 2.66. The van der Waals surface area contributed by atoms with E-state index in [-0.39, 0.29) is 17.9 Å². The first-order valence-corrected chi connectivity index (χ1v) is 14.4. The number of sulfonamides is 1. The number of rotatable bonds is 5. The molecule has 1 aromatic carbocycles. The van der Waals surface area contributed by atoms with Crippen LogP contribution in [0.15, 0.2) is 24.3 Å². The molecule has 1 aromatic rings. The van der Waals surface area contributed by atoms with E-state index < -0.39 is 10.0 Å². The first-order valence-electron chi connectivity index (χ1n) is 12.5. The van der Waals surface area contributed by atoms with Crippen molar-refractivity contribution in [3.63, 3.8) is 0 Å². The van der Waals surface area contributed by atoms with Gasteiger partial charge in [-0.05, 0) is 67.9 Å². The van der Waals surface area contributed by atoms with E-state index in [2.05, 4.69) is 33.9 Å². The highest BCUT2D eigenvalue weighted by Gasteiger charge is 2.38. The SMILES string of the molecule is CS(=O)(=O)NCC(=O)N1CCC2(CCCCc3ccccc3OCCN(CC3CC3)C2)CC1. The zero-order chi connectivity index (χ0) is 23.3. The van der Waals surface area contributed by atoms with E-state index in [0.29, 0.717) is 19.7 Å². The van der Waals surface area contributed by atoms with Gasteiger partial charge in [-0.25, -0.2) is 13.1 Å². The second-order valence-electron chi connectivity index (χ2n) is 10.3. The van der Waals surface area contributed by atoms with E-state index in [1.54, 1.807) is 0 Å². The largest absolute Gasteiger partial charge is 0.492 e. The Balaban J connectivity index is 1.41. The number of carbonyl (C=O) groups excluding carboxylic acids is 1. The summed E-state index contributed by atoms with van der Waals surface area (Å²) in [5.74, 6) is 1.74. The van der Waals surface area contributed by atoms with Crippen molar-refractivity contribution < 1.29 is 17.9 Å². The molecule has 8 heteroatoms. The number of para-hydroxylation sites is 1. The Bertz CT molecular complexity index is 908. The highest BCUT2D eigenvalue weighted by Crippen LogP contribution is 2.39. The van der Waals surface area contributed by atoms with Gasteiger partial charge in [0.1, 0.15) is 12.4 Å². The Morgan fingerprint density at radius 3 is 2.61 bits per heavy atom. The van der Waals surface area contributed by atoms with Crippen LogP contribution in [0.5, 0.6) is 5.75 Å². The lowest BCUT2D eigenvalue weighted by Crippen LogP contribution is -2.50. The first kappa shape index (κ1) is 24.5. The molecule has 0 bridgehead atoms. The Labute approximate surface area is 198 Å². The molecule has 2 fully saturated rings. The van der Waals surface area contributed by atoms with Gasteiger partial charge in [0.05, 0.1) is 12.8 Å². The molecule has 1 saturated carbocycles. The minimum atomic E-state index is -3.36. The third-order valence-corrected chi connectivity index (χ3v) is 8.14. The van der Waals surface area contributed by atoms with E-state index in [4.69, 9.17) is 4.74 Å². The zero-order valence-corrected chi connectivity index (χ0v) is 20.7. The lowest BCUT2D eigenvalue weighted by molar-refractivity contribution is -0.132. The van der Waals surface area contributed by atoms with E-state index in [1.807, 2.05) is 4.90 Å². The fraction of sp³-hybridized carbons (Fsp3) is 0.720. The third-order valence-electron chi connectivity index (χ3n) is 7.48. The van der Waals surface area contributed by atoms with E-state index in [9.17, 15) is 13.2 Å². The monoisotopic (exact) mass is 477 g/mol. The van der Waals surface area contributed by atoms with Gasteiger partial charge in [0.2, 0.25) is 15.9 Å². The lowest BCUT2D eigenvalue weighted by Gasteiger charge is -2.45. The van der Waals surface area contributed by atoms with Crippen LogP contribution in [0.1, 0.15) is 50.5 Å². The van der Waals surface area contributed by atoms with Crippen molar-refractivity contribution in [2.24, 2.45) is 11.3 Å². The molecule has 3 aliphatic rings. The first-order chi connectivity index (χ1) is 15.8. The molecule has 1 spiro atoms. The molecule has 0 unspecified atom stereocenters. The minimum Gasteiger partial charge on any atom is -0.492 e. The summed E-state index contributed by atoms with van der Waals surface area (Å²) in [6.07, 6.45) is 10.3. The Hall–Kier alpha value is -1.64. The molecule has 1 saturated heterocycles. The average Bonchev–Trinajstić information content (AvgIpc) is 3.59. The molecule has 2 aliphatic heterocycles. The third kappa shape index (κ3) is 7.42. The van der Waals surface area contributed by atoms with Crippen molar-refractivity contribution in [3.8, 4) is 5.75 Å². The molecule has 33 heavy (non-hydrogen) atoms. The number of hydrogen-bond donors (Lipinski definition) is 1. The quantitative estimate of drug-likeness (QED) is 0.705. The summed E-state index contributed by atoms with van der Waals surface area (Å²) >= 11 is 0. The van der Waals surface area contributed by atoms with Gasteiger partial charge in [-0.3, -0.25) is 9.69 Å². The lowest BCUT2D eigenvalue weighted by atomic mass is 9.73. The number of aryl methyl sites for hydroxylation is 1. The molecule has 4 rings (SSSR count). The second-order valence-corrected chi connectivity index (χ2v) is 12.1. The Kier molecular flexibility index (Phi) is 7.97. The maximum Gasteiger partial charge on any atom is 0.237 e. The number of piperidine rings is 1. The molecule has 1 aliphatic carbocycles. The van der Waals surface area contributed by atoms with Crippen molar-refractivity contribution >= 4 is 15.9 Å². The fourth-order valence-corrected chi connectivity index (χ4v) is 5.73. The van der Waals surface area contributed by atoms with Crippen LogP contribution in [0.4, 0.5) is 0 Å². The number of nitrogens with zero attached hydrogens (tertiary/aromatic N) is 2.